The van der Waals surface area contributed by atoms with Crippen molar-refractivity contribution in [2.24, 2.45) is 0 Å². The molecule has 0 saturated carbocycles. The van der Waals surface area contributed by atoms with Gasteiger partial charge in [-0.1, -0.05) is 0 Å². The second-order valence-electron chi connectivity index (χ2n) is 4.33. The summed E-state index contributed by atoms with van der Waals surface area (Å²) in [5.74, 6) is 0. The van der Waals surface area contributed by atoms with Crippen molar-refractivity contribution in [3.8, 4) is 0 Å². The van der Waals surface area contributed by atoms with E-state index in [4.69, 9.17) is 9.84 Å². The maximum Gasteiger partial charge on any atom is 0.346 e. The molecule has 3 rings (SSSR count). The van der Waals surface area contributed by atoms with Crippen LogP contribution in [0.15, 0.2) is 23.3 Å². The van der Waals surface area contributed by atoms with Gasteiger partial charge in [0.2, 0.25) is 0 Å². The minimum absolute atomic E-state index is 0.227. The third-order valence-electron chi connectivity index (χ3n) is 3.19. The summed E-state index contributed by atoms with van der Waals surface area (Å²) in [4.78, 5) is 17.5. The van der Waals surface area contributed by atoms with Crippen molar-refractivity contribution in [1.82, 2.24) is 14.5 Å². The monoisotopic (exact) mass is 251 g/mol. The van der Waals surface area contributed by atoms with Gasteiger partial charge < -0.3 is 19.5 Å². The van der Waals surface area contributed by atoms with E-state index in [0.29, 0.717) is 12.1 Å². The van der Waals surface area contributed by atoms with E-state index >= 15 is 0 Å². The Morgan fingerprint density at radius 1 is 1.61 bits per heavy atom. The van der Waals surface area contributed by atoms with Crippen LogP contribution in [-0.4, -0.2) is 43.6 Å². The lowest BCUT2D eigenvalue weighted by Crippen LogP contribution is -2.24. The fourth-order valence-corrected chi connectivity index (χ4v) is 2.26. The summed E-state index contributed by atoms with van der Waals surface area (Å²) in [7, 11) is 0. The molecule has 1 aliphatic rings. The Kier molecular flexibility index (Phi) is 2.66. The van der Waals surface area contributed by atoms with Crippen molar-refractivity contribution in [3.05, 3.63) is 28.9 Å². The molecule has 0 amide bonds. The molecule has 0 radical (unpaired) electrons. The summed E-state index contributed by atoms with van der Waals surface area (Å²) in [6.45, 7) is -0.227. The van der Waals surface area contributed by atoms with Crippen molar-refractivity contribution >= 4 is 11.0 Å². The lowest BCUT2D eigenvalue weighted by molar-refractivity contribution is -0.0430. The zero-order valence-electron chi connectivity index (χ0n) is 9.48. The summed E-state index contributed by atoms with van der Waals surface area (Å²) in [5, 5.41) is 19.5. The van der Waals surface area contributed by atoms with Crippen molar-refractivity contribution in [2.45, 2.75) is 24.9 Å². The Hall–Kier alpha value is -1.70. The number of aliphatic hydroxyl groups is 2. The van der Waals surface area contributed by atoms with Crippen LogP contribution in [-0.2, 0) is 4.74 Å². The molecule has 2 aromatic rings. The average Bonchev–Trinajstić information content (AvgIpc) is 2.91. The molecular formula is C11H13N3O4. The lowest BCUT2D eigenvalue weighted by Gasteiger charge is -2.14. The highest BCUT2D eigenvalue weighted by Crippen LogP contribution is 2.30. The van der Waals surface area contributed by atoms with Gasteiger partial charge in [-0.05, 0) is 6.07 Å². The number of nitrogens with zero attached hydrogens (tertiary/aromatic N) is 2. The highest BCUT2D eigenvalue weighted by Gasteiger charge is 2.34. The highest BCUT2D eigenvalue weighted by molar-refractivity contribution is 5.74. The van der Waals surface area contributed by atoms with Crippen LogP contribution in [0.1, 0.15) is 12.6 Å². The quantitative estimate of drug-likeness (QED) is 0.659. The number of fused-ring (bicyclic) bond motifs is 1. The van der Waals surface area contributed by atoms with Gasteiger partial charge >= 0.3 is 5.69 Å². The van der Waals surface area contributed by atoms with E-state index in [1.807, 2.05) is 0 Å². The van der Waals surface area contributed by atoms with Gasteiger partial charge in [0.1, 0.15) is 18.0 Å². The van der Waals surface area contributed by atoms with Crippen LogP contribution < -0.4 is 5.69 Å². The number of ether oxygens (including phenoxy) is 1. The van der Waals surface area contributed by atoms with Crippen LogP contribution >= 0.6 is 0 Å². The number of rotatable bonds is 2. The predicted molar refractivity (Wildman–Crippen MR) is 62.0 cm³/mol. The number of nitrogens with one attached hydrogen (secondary N) is 1. The Balaban J connectivity index is 2.00. The second kappa shape index (κ2) is 4.20. The topological polar surface area (TPSA) is 100 Å². The van der Waals surface area contributed by atoms with Crippen LogP contribution in [0.2, 0.25) is 0 Å². The molecule has 96 valence electrons. The zero-order chi connectivity index (χ0) is 12.7. The van der Waals surface area contributed by atoms with Crippen LogP contribution in [0.3, 0.4) is 0 Å². The van der Waals surface area contributed by atoms with Gasteiger partial charge in [0, 0.05) is 24.2 Å². The number of H-pyrrole nitrogens is 1. The van der Waals surface area contributed by atoms with Gasteiger partial charge in [-0.15, -0.1) is 0 Å². The second-order valence-corrected chi connectivity index (χ2v) is 4.33. The molecule has 0 spiro atoms. The first-order chi connectivity index (χ1) is 8.69. The van der Waals surface area contributed by atoms with Crippen LogP contribution in [0, 0.1) is 0 Å². The molecule has 7 nitrogen and oxygen atoms in total. The van der Waals surface area contributed by atoms with E-state index in [1.54, 1.807) is 16.8 Å². The fourth-order valence-electron chi connectivity index (χ4n) is 2.26. The highest BCUT2D eigenvalue weighted by atomic mass is 16.5. The number of hydrogen-bond acceptors (Lipinski definition) is 5. The maximum atomic E-state index is 11.2. The summed E-state index contributed by atoms with van der Waals surface area (Å²) >= 11 is 0. The fraction of sp³-hybridized carbons (Fsp3) is 0.455. The molecule has 3 atom stereocenters. The third kappa shape index (κ3) is 1.72. The standard InChI is InChI=1S/C11H13N3O4/c15-5-8-7(16)3-9(18-8)14-2-1-6-4-12-11(17)13-10(6)14/h1-2,4,7-9,15-16H,3,5H2,(H,12,13,17)/t7-,8+,9+/m0/s1. The summed E-state index contributed by atoms with van der Waals surface area (Å²) < 4.78 is 7.27. The molecule has 0 aliphatic carbocycles. The SMILES string of the molecule is O=c1ncc2ccn([C@H]3C[C@H](O)[C@@H](CO)O3)c2[nH]1. The molecule has 3 N–H and O–H groups in total. The molecule has 0 aromatic carbocycles. The summed E-state index contributed by atoms with van der Waals surface area (Å²) in [6.07, 6.45) is 1.94. The van der Waals surface area contributed by atoms with Crippen molar-refractivity contribution in [1.29, 1.82) is 0 Å². The molecule has 1 aliphatic heterocycles. The molecule has 0 unspecified atom stereocenters. The molecule has 3 heterocycles. The number of aromatic nitrogens is 3. The van der Waals surface area contributed by atoms with Gasteiger partial charge in [0.15, 0.2) is 0 Å². The van der Waals surface area contributed by atoms with E-state index in [9.17, 15) is 9.90 Å². The van der Waals surface area contributed by atoms with E-state index in [1.165, 1.54) is 6.20 Å². The van der Waals surface area contributed by atoms with Gasteiger partial charge in [-0.2, -0.15) is 0 Å². The maximum absolute atomic E-state index is 11.2. The minimum atomic E-state index is -0.703. The van der Waals surface area contributed by atoms with Gasteiger partial charge in [-0.3, -0.25) is 4.98 Å². The molecular weight excluding hydrogens is 238 g/mol. The third-order valence-corrected chi connectivity index (χ3v) is 3.19. The minimum Gasteiger partial charge on any atom is -0.394 e. The first-order valence-electron chi connectivity index (χ1n) is 5.69. The van der Waals surface area contributed by atoms with Gasteiger partial charge in [-0.25, -0.2) is 9.78 Å². The molecule has 7 heteroatoms. The van der Waals surface area contributed by atoms with Crippen LogP contribution in [0.4, 0.5) is 0 Å². The Labute approximate surface area is 102 Å². The van der Waals surface area contributed by atoms with Crippen LogP contribution in [0.25, 0.3) is 11.0 Å². The molecule has 2 aromatic heterocycles. The summed E-state index contributed by atoms with van der Waals surface area (Å²) in [6, 6.07) is 1.81. The van der Waals surface area contributed by atoms with Crippen LogP contribution in [0.5, 0.6) is 0 Å². The van der Waals surface area contributed by atoms with Crippen molar-refractivity contribution < 1.29 is 14.9 Å². The predicted octanol–water partition coefficient (Wildman–Crippen LogP) is -0.635. The first-order valence-corrected chi connectivity index (χ1v) is 5.69. The van der Waals surface area contributed by atoms with Gasteiger partial charge in [0.05, 0.1) is 12.7 Å². The number of aliphatic hydroxyl groups excluding tert-OH is 2. The molecule has 1 fully saturated rings. The van der Waals surface area contributed by atoms with Gasteiger partial charge in [0.25, 0.3) is 0 Å². The van der Waals surface area contributed by atoms with E-state index in [-0.39, 0.29) is 6.61 Å². The normalized spacial score (nSPS) is 28.0. The Bertz CT molecular complexity index is 620. The van der Waals surface area contributed by atoms with Crippen molar-refractivity contribution in [2.75, 3.05) is 6.61 Å². The average molecular weight is 251 g/mol. The zero-order valence-corrected chi connectivity index (χ0v) is 9.48. The molecule has 1 saturated heterocycles. The first kappa shape index (κ1) is 11.4. The Morgan fingerprint density at radius 2 is 2.44 bits per heavy atom. The number of aromatic amines is 1. The Morgan fingerprint density at radius 3 is 3.17 bits per heavy atom. The van der Waals surface area contributed by atoms with E-state index in [2.05, 4.69) is 9.97 Å². The lowest BCUT2D eigenvalue weighted by atomic mass is 10.2. The largest absolute Gasteiger partial charge is 0.394 e. The number of hydrogen-bond donors (Lipinski definition) is 3. The smallest absolute Gasteiger partial charge is 0.346 e. The van der Waals surface area contributed by atoms with E-state index < -0.39 is 24.1 Å². The van der Waals surface area contributed by atoms with Crippen molar-refractivity contribution in [3.63, 3.8) is 0 Å². The van der Waals surface area contributed by atoms with E-state index in [0.717, 1.165) is 5.39 Å². The molecule has 0 bridgehead atoms. The molecule has 18 heavy (non-hydrogen) atoms. The summed E-state index contributed by atoms with van der Waals surface area (Å²) in [5.41, 5.74) is 0.172.